The highest BCUT2D eigenvalue weighted by Crippen LogP contribution is 2.51. The van der Waals surface area contributed by atoms with E-state index in [0.717, 1.165) is 22.7 Å². The van der Waals surface area contributed by atoms with Crippen LogP contribution < -0.4 is 4.90 Å². The molecule has 0 saturated carbocycles. The van der Waals surface area contributed by atoms with E-state index in [-0.39, 0.29) is 5.41 Å². The Morgan fingerprint density at radius 2 is 1.10 bits per heavy atom. The zero-order chi connectivity index (χ0) is 38.5. The van der Waals surface area contributed by atoms with Gasteiger partial charge < -0.3 is 9.47 Å². The van der Waals surface area contributed by atoms with Crippen molar-refractivity contribution in [3.8, 4) is 27.9 Å². The summed E-state index contributed by atoms with van der Waals surface area (Å²) >= 11 is 1.88. The summed E-state index contributed by atoms with van der Waals surface area (Å²) in [5, 5.41) is 7.76. The highest BCUT2D eigenvalue weighted by atomic mass is 32.1. The molecule has 2 nitrogen and oxygen atoms in total. The summed E-state index contributed by atoms with van der Waals surface area (Å²) < 4.78 is 5.07. The SMILES string of the molecule is CC1(C)c2ccccc2-c2ccc(N(c3ccc(-c4cccc5ccc6sc7ccccc7c6c45)cc3)c3ccc4c5ccccc5n(-c5ccccc5)c4c3)cc21. The van der Waals surface area contributed by atoms with E-state index in [4.69, 9.17) is 0 Å². The molecule has 3 heteroatoms. The van der Waals surface area contributed by atoms with Crippen molar-refractivity contribution in [2.75, 3.05) is 4.90 Å². The van der Waals surface area contributed by atoms with E-state index >= 15 is 0 Å². The number of aromatic nitrogens is 1. The Morgan fingerprint density at radius 3 is 1.98 bits per heavy atom. The highest BCUT2D eigenvalue weighted by molar-refractivity contribution is 7.26. The first-order chi connectivity index (χ1) is 28.5. The van der Waals surface area contributed by atoms with Crippen LogP contribution in [0.25, 0.3) is 80.7 Å². The minimum Gasteiger partial charge on any atom is -0.310 e. The minimum absolute atomic E-state index is 0.118. The lowest BCUT2D eigenvalue weighted by atomic mass is 9.82. The van der Waals surface area contributed by atoms with Gasteiger partial charge in [0.05, 0.1) is 11.0 Å². The summed E-state index contributed by atoms with van der Waals surface area (Å²) in [6.07, 6.45) is 0. The van der Waals surface area contributed by atoms with Gasteiger partial charge in [-0.2, -0.15) is 0 Å². The molecule has 0 radical (unpaired) electrons. The third-order valence-corrected chi connectivity index (χ3v) is 13.7. The molecule has 0 saturated heterocycles. The van der Waals surface area contributed by atoms with Gasteiger partial charge in [0.15, 0.2) is 0 Å². The van der Waals surface area contributed by atoms with Gasteiger partial charge in [-0.3, -0.25) is 0 Å². The van der Waals surface area contributed by atoms with Gasteiger partial charge in [0.1, 0.15) is 0 Å². The van der Waals surface area contributed by atoms with Crippen LogP contribution in [0.2, 0.25) is 0 Å². The van der Waals surface area contributed by atoms with Gasteiger partial charge in [-0.05, 0) is 111 Å². The van der Waals surface area contributed by atoms with Crippen LogP contribution in [0.5, 0.6) is 0 Å². The van der Waals surface area contributed by atoms with Crippen molar-refractivity contribution in [1.82, 2.24) is 4.57 Å². The zero-order valence-corrected chi connectivity index (χ0v) is 33.1. The van der Waals surface area contributed by atoms with E-state index in [9.17, 15) is 0 Å². The molecule has 12 rings (SSSR count). The fourth-order valence-corrected chi connectivity index (χ4v) is 11.0. The summed E-state index contributed by atoms with van der Waals surface area (Å²) in [5.41, 5.74) is 14.7. The molecule has 58 heavy (non-hydrogen) atoms. The van der Waals surface area contributed by atoms with Crippen LogP contribution in [0.4, 0.5) is 17.1 Å². The highest BCUT2D eigenvalue weighted by Gasteiger charge is 2.35. The van der Waals surface area contributed by atoms with Crippen LogP contribution >= 0.6 is 11.3 Å². The Bertz CT molecular complexity index is 3420. The van der Waals surface area contributed by atoms with E-state index in [1.54, 1.807) is 0 Å². The quantitative estimate of drug-likeness (QED) is 0.170. The van der Waals surface area contributed by atoms with Gasteiger partial charge in [-0.15, -0.1) is 11.3 Å². The van der Waals surface area contributed by atoms with Crippen LogP contribution in [0.15, 0.2) is 194 Å². The molecule has 0 amide bonds. The molecule has 2 heterocycles. The standard InChI is InChI=1S/C55H38N2S/c1-55(2)47-20-9-6-16-42(47)43-30-28-39(33-48(43)55)56(40-29-31-45-44-17-7-10-21-49(44)57(50(45)34-40)37-14-4-3-5-15-37)38-26-23-35(24-27-38)41-19-12-13-36-25-32-52-54(53(36)41)46-18-8-11-22-51(46)58-52/h3-34H,1-2H3. The maximum absolute atomic E-state index is 2.45. The Hall–Kier alpha value is -6.94. The molecule has 2 aromatic heterocycles. The number of hydrogen-bond acceptors (Lipinski definition) is 2. The molecule has 0 unspecified atom stereocenters. The van der Waals surface area contributed by atoms with Crippen molar-refractivity contribution in [2.45, 2.75) is 19.3 Å². The largest absolute Gasteiger partial charge is 0.310 e. The fraction of sp³-hybridized carbons (Fsp3) is 0.0545. The summed E-state index contributed by atoms with van der Waals surface area (Å²) in [6, 6.07) is 71.9. The first-order valence-corrected chi connectivity index (χ1v) is 20.9. The van der Waals surface area contributed by atoms with Crippen molar-refractivity contribution in [2.24, 2.45) is 0 Å². The van der Waals surface area contributed by atoms with Crippen LogP contribution in [-0.4, -0.2) is 4.57 Å². The molecule has 0 bridgehead atoms. The lowest BCUT2D eigenvalue weighted by molar-refractivity contribution is 0.660. The molecule has 1 aliphatic carbocycles. The molecule has 9 aromatic carbocycles. The summed E-state index contributed by atoms with van der Waals surface area (Å²) in [5.74, 6) is 0. The van der Waals surface area contributed by atoms with Crippen molar-refractivity contribution in [1.29, 1.82) is 0 Å². The normalized spacial score (nSPS) is 13.1. The van der Waals surface area contributed by atoms with Crippen molar-refractivity contribution in [3.05, 3.63) is 205 Å². The molecular weight excluding hydrogens is 721 g/mol. The fourth-order valence-electron chi connectivity index (χ4n) is 9.86. The maximum Gasteiger partial charge on any atom is 0.0561 e. The molecular formula is C55H38N2S. The molecule has 0 spiro atoms. The number of rotatable bonds is 5. The van der Waals surface area contributed by atoms with Crippen molar-refractivity contribution in [3.63, 3.8) is 0 Å². The Balaban J connectivity index is 1.06. The van der Waals surface area contributed by atoms with Crippen LogP contribution in [0.3, 0.4) is 0 Å². The van der Waals surface area contributed by atoms with Gasteiger partial charge in [0, 0.05) is 59.1 Å². The number of hydrogen-bond donors (Lipinski definition) is 0. The van der Waals surface area contributed by atoms with Crippen LogP contribution in [-0.2, 0) is 5.41 Å². The van der Waals surface area contributed by atoms with Gasteiger partial charge >= 0.3 is 0 Å². The summed E-state index contributed by atoms with van der Waals surface area (Å²) in [7, 11) is 0. The van der Waals surface area contributed by atoms with Crippen LogP contribution in [0, 0.1) is 0 Å². The predicted octanol–water partition coefficient (Wildman–Crippen LogP) is 15.7. The molecule has 1 aliphatic rings. The molecule has 0 N–H and O–H groups in total. The number of fused-ring (bicyclic) bond motifs is 11. The average Bonchev–Trinajstić information content (AvgIpc) is 3.89. The first-order valence-electron chi connectivity index (χ1n) is 20.1. The molecule has 0 aliphatic heterocycles. The molecule has 0 atom stereocenters. The predicted molar refractivity (Wildman–Crippen MR) is 249 cm³/mol. The van der Waals surface area contributed by atoms with E-state index in [2.05, 4.69) is 217 Å². The van der Waals surface area contributed by atoms with E-state index in [1.807, 2.05) is 11.3 Å². The minimum atomic E-state index is -0.118. The lowest BCUT2D eigenvalue weighted by Gasteiger charge is -2.28. The van der Waals surface area contributed by atoms with E-state index in [1.165, 1.54) is 86.1 Å². The summed E-state index contributed by atoms with van der Waals surface area (Å²) in [4.78, 5) is 2.45. The van der Waals surface area contributed by atoms with Gasteiger partial charge in [0.2, 0.25) is 0 Å². The van der Waals surface area contributed by atoms with Crippen molar-refractivity contribution < 1.29 is 0 Å². The topological polar surface area (TPSA) is 8.17 Å². The third kappa shape index (κ3) is 4.84. The van der Waals surface area contributed by atoms with Crippen LogP contribution in [0.1, 0.15) is 25.0 Å². The number of para-hydroxylation sites is 2. The zero-order valence-electron chi connectivity index (χ0n) is 32.3. The van der Waals surface area contributed by atoms with Gasteiger partial charge in [-0.25, -0.2) is 0 Å². The second-order valence-corrected chi connectivity index (χ2v) is 17.2. The second kappa shape index (κ2) is 12.5. The smallest absolute Gasteiger partial charge is 0.0561 e. The van der Waals surface area contributed by atoms with Crippen molar-refractivity contribution >= 4 is 81.1 Å². The molecule has 0 fully saturated rings. The number of nitrogens with zero attached hydrogens (tertiary/aromatic N) is 2. The summed E-state index contributed by atoms with van der Waals surface area (Å²) in [6.45, 7) is 4.73. The monoisotopic (exact) mass is 758 g/mol. The van der Waals surface area contributed by atoms with Gasteiger partial charge in [0.25, 0.3) is 0 Å². The second-order valence-electron chi connectivity index (χ2n) is 16.1. The Labute approximate surface area is 341 Å². The Morgan fingerprint density at radius 1 is 0.431 bits per heavy atom. The molecule has 274 valence electrons. The van der Waals surface area contributed by atoms with E-state index in [0.29, 0.717) is 0 Å². The van der Waals surface area contributed by atoms with Gasteiger partial charge in [-0.1, -0.05) is 141 Å². The Kier molecular flexibility index (Phi) is 7.18. The maximum atomic E-state index is 2.45. The lowest BCUT2D eigenvalue weighted by Crippen LogP contribution is -2.16. The number of thiophene rings is 1. The first kappa shape index (κ1) is 33.2. The number of anilines is 3. The average molecular weight is 759 g/mol. The number of benzene rings is 9. The third-order valence-electron chi connectivity index (χ3n) is 12.6. The molecule has 11 aromatic rings. The van der Waals surface area contributed by atoms with E-state index < -0.39 is 0 Å².